The van der Waals surface area contributed by atoms with Crippen LogP contribution in [0.15, 0.2) is 0 Å². The van der Waals surface area contributed by atoms with Crippen LogP contribution in [-0.2, 0) is 9.53 Å². The lowest BCUT2D eigenvalue weighted by Crippen LogP contribution is -2.51. The van der Waals surface area contributed by atoms with Gasteiger partial charge in [0.15, 0.2) is 0 Å². The average molecular weight is 242 g/mol. The fraction of sp³-hybridized carbons (Fsp3) is 0.818. The lowest BCUT2D eigenvalue weighted by Gasteiger charge is -2.37. The maximum absolute atomic E-state index is 11.5. The normalized spacial score (nSPS) is 26.0. The third-order valence-corrected chi connectivity index (χ3v) is 3.62. The largest absolute Gasteiger partial charge is 0.481 e. The van der Waals surface area contributed by atoms with Gasteiger partial charge in [-0.25, -0.2) is 4.79 Å². The molecular formula is C11H18N2O4. The summed E-state index contributed by atoms with van der Waals surface area (Å²) in [5, 5.41) is 14.5. The van der Waals surface area contributed by atoms with Crippen molar-refractivity contribution in [2.45, 2.75) is 31.7 Å². The first-order chi connectivity index (χ1) is 8.12. The summed E-state index contributed by atoms with van der Waals surface area (Å²) in [6.07, 6.45) is 3.04. The van der Waals surface area contributed by atoms with Crippen molar-refractivity contribution in [3.63, 3.8) is 0 Å². The molecule has 1 saturated heterocycles. The van der Waals surface area contributed by atoms with Gasteiger partial charge in [-0.05, 0) is 19.3 Å². The van der Waals surface area contributed by atoms with E-state index in [1.807, 2.05) is 0 Å². The van der Waals surface area contributed by atoms with Crippen LogP contribution in [-0.4, -0.2) is 42.9 Å². The van der Waals surface area contributed by atoms with Gasteiger partial charge in [-0.2, -0.15) is 0 Å². The lowest BCUT2D eigenvalue weighted by atomic mass is 9.69. The van der Waals surface area contributed by atoms with Crippen molar-refractivity contribution in [3.05, 3.63) is 0 Å². The monoisotopic (exact) mass is 242 g/mol. The van der Waals surface area contributed by atoms with Gasteiger partial charge in [0.25, 0.3) is 0 Å². The zero-order chi connectivity index (χ0) is 12.3. The maximum Gasteiger partial charge on any atom is 0.315 e. The molecule has 6 nitrogen and oxygen atoms in total. The van der Waals surface area contributed by atoms with Gasteiger partial charge in [0.2, 0.25) is 0 Å². The first kappa shape index (κ1) is 12.2. The quantitative estimate of drug-likeness (QED) is 0.663. The molecule has 1 heterocycles. The van der Waals surface area contributed by atoms with Gasteiger partial charge in [0.1, 0.15) is 0 Å². The van der Waals surface area contributed by atoms with Crippen LogP contribution in [0.4, 0.5) is 4.79 Å². The van der Waals surface area contributed by atoms with Gasteiger partial charge in [0.05, 0.1) is 18.1 Å². The van der Waals surface area contributed by atoms with E-state index in [1.165, 1.54) is 0 Å². The number of amides is 2. The molecule has 2 rings (SSSR count). The number of rotatable bonds is 4. The second-order valence-electron chi connectivity index (χ2n) is 4.83. The second-order valence-corrected chi connectivity index (χ2v) is 4.83. The molecule has 1 aliphatic heterocycles. The number of aliphatic carboxylic acids is 1. The SMILES string of the molecule is O=C(NCC1(C(=O)O)CCC1)NC1CCOC1. The van der Waals surface area contributed by atoms with Crippen molar-refractivity contribution in [1.82, 2.24) is 10.6 Å². The van der Waals surface area contributed by atoms with Crippen molar-refractivity contribution in [2.24, 2.45) is 5.41 Å². The Kier molecular flexibility index (Phi) is 3.51. The maximum atomic E-state index is 11.5. The van der Waals surface area contributed by atoms with E-state index >= 15 is 0 Å². The highest BCUT2D eigenvalue weighted by atomic mass is 16.5. The Bertz CT molecular complexity index is 309. The Morgan fingerprint density at radius 3 is 2.65 bits per heavy atom. The number of urea groups is 1. The molecule has 2 aliphatic rings. The summed E-state index contributed by atoms with van der Waals surface area (Å²) in [5.74, 6) is -0.812. The number of hydrogen-bond acceptors (Lipinski definition) is 3. The fourth-order valence-electron chi connectivity index (χ4n) is 2.20. The number of carboxylic acids is 1. The molecule has 17 heavy (non-hydrogen) atoms. The van der Waals surface area contributed by atoms with E-state index < -0.39 is 11.4 Å². The molecule has 1 unspecified atom stereocenters. The number of nitrogens with one attached hydrogen (secondary N) is 2. The van der Waals surface area contributed by atoms with Crippen molar-refractivity contribution < 1.29 is 19.4 Å². The number of carbonyl (C=O) groups is 2. The summed E-state index contributed by atoms with van der Waals surface area (Å²) in [6, 6.07) is -0.245. The molecule has 1 saturated carbocycles. The molecule has 2 amide bonds. The van der Waals surface area contributed by atoms with Crippen LogP contribution in [0.5, 0.6) is 0 Å². The third kappa shape index (κ3) is 2.69. The molecule has 0 bridgehead atoms. The van der Waals surface area contributed by atoms with E-state index in [-0.39, 0.29) is 18.6 Å². The van der Waals surface area contributed by atoms with Crippen LogP contribution in [0.2, 0.25) is 0 Å². The van der Waals surface area contributed by atoms with E-state index in [0.29, 0.717) is 26.1 Å². The number of hydrogen-bond donors (Lipinski definition) is 3. The lowest BCUT2D eigenvalue weighted by molar-refractivity contribution is -0.153. The highest BCUT2D eigenvalue weighted by Crippen LogP contribution is 2.40. The van der Waals surface area contributed by atoms with Crippen LogP contribution < -0.4 is 10.6 Å². The van der Waals surface area contributed by atoms with E-state index in [4.69, 9.17) is 9.84 Å². The predicted octanol–water partition coefficient (Wildman–Crippen LogP) is 0.329. The van der Waals surface area contributed by atoms with E-state index in [2.05, 4.69) is 10.6 Å². The van der Waals surface area contributed by atoms with Crippen LogP contribution in [0, 0.1) is 5.41 Å². The zero-order valence-electron chi connectivity index (χ0n) is 9.70. The molecule has 0 aromatic carbocycles. The second kappa shape index (κ2) is 4.91. The van der Waals surface area contributed by atoms with Gasteiger partial charge in [-0.3, -0.25) is 4.79 Å². The van der Waals surface area contributed by atoms with Gasteiger partial charge in [-0.15, -0.1) is 0 Å². The molecule has 3 N–H and O–H groups in total. The van der Waals surface area contributed by atoms with Gasteiger partial charge >= 0.3 is 12.0 Å². The number of ether oxygens (including phenoxy) is 1. The predicted molar refractivity (Wildman–Crippen MR) is 59.7 cm³/mol. The Morgan fingerprint density at radius 1 is 1.41 bits per heavy atom. The molecule has 2 fully saturated rings. The molecule has 6 heteroatoms. The summed E-state index contributed by atoms with van der Waals surface area (Å²) < 4.78 is 5.14. The Hall–Kier alpha value is -1.30. The molecule has 96 valence electrons. The smallest absolute Gasteiger partial charge is 0.315 e. The molecular weight excluding hydrogens is 224 g/mol. The van der Waals surface area contributed by atoms with Gasteiger partial charge in [0, 0.05) is 13.2 Å². The van der Waals surface area contributed by atoms with Crippen molar-refractivity contribution in [2.75, 3.05) is 19.8 Å². The van der Waals surface area contributed by atoms with Crippen molar-refractivity contribution in [1.29, 1.82) is 0 Å². The van der Waals surface area contributed by atoms with Crippen LogP contribution in [0.3, 0.4) is 0 Å². The summed E-state index contributed by atoms with van der Waals surface area (Å²) in [5.41, 5.74) is -0.733. The summed E-state index contributed by atoms with van der Waals surface area (Å²) in [6.45, 7) is 1.42. The first-order valence-corrected chi connectivity index (χ1v) is 5.98. The van der Waals surface area contributed by atoms with Crippen molar-refractivity contribution >= 4 is 12.0 Å². The molecule has 0 radical (unpaired) electrons. The molecule has 0 spiro atoms. The highest BCUT2D eigenvalue weighted by molar-refractivity contribution is 5.79. The fourth-order valence-corrected chi connectivity index (χ4v) is 2.20. The van der Waals surface area contributed by atoms with Crippen LogP contribution >= 0.6 is 0 Å². The van der Waals surface area contributed by atoms with Crippen molar-refractivity contribution in [3.8, 4) is 0 Å². The molecule has 0 aromatic rings. The zero-order valence-corrected chi connectivity index (χ0v) is 9.70. The van der Waals surface area contributed by atoms with Crippen LogP contribution in [0.1, 0.15) is 25.7 Å². The first-order valence-electron chi connectivity index (χ1n) is 5.98. The molecule has 1 atom stereocenters. The number of carbonyl (C=O) groups excluding carboxylic acids is 1. The van der Waals surface area contributed by atoms with Gasteiger partial charge in [-0.1, -0.05) is 6.42 Å². The average Bonchev–Trinajstić information content (AvgIpc) is 2.68. The number of carboxylic acid groups (broad SMARTS) is 1. The highest BCUT2D eigenvalue weighted by Gasteiger charge is 2.44. The third-order valence-electron chi connectivity index (χ3n) is 3.62. The Morgan fingerprint density at radius 2 is 2.18 bits per heavy atom. The minimum Gasteiger partial charge on any atom is -0.481 e. The topological polar surface area (TPSA) is 87.7 Å². The standard InChI is InChI=1S/C11H18N2O4/c14-9(15)11(3-1-4-11)7-12-10(16)13-8-2-5-17-6-8/h8H,1-7H2,(H,14,15)(H2,12,13,16). The van der Waals surface area contributed by atoms with E-state index in [1.54, 1.807) is 0 Å². The minimum atomic E-state index is -0.812. The Labute approximate surface area is 99.7 Å². The Balaban J connectivity index is 1.73. The minimum absolute atomic E-state index is 0.0529. The van der Waals surface area contributed by atoms with E-state index in [9.17, 15) is 9.59 Å². The molecule has 1 aliphatic carbocycles. The summed E-state index contributed by atoms with van der Waals surface area (Å²) in [4.78, 5) is 22.6. The van der Waals surface area contributed by atoms with Gasteiger partial charge < -0.3 is 20.5 Å². The van der Waals surface area contributed by atoms with E-state index in [0.717, 1.165) is 12.8 Å². The molecule has 0 aromatic heterocycles. The summed E-state index contributed by atoms with van der Waals surface area (Å²) in [7, 11) is 0. The van der Waals surface area contributed by atoms with Crippen LogP contribution in [0.25, 0.3) is 0 Å². The summed E-state index contributed by atoms with van der Waals surface area (Å²) >= 11 is 0.